The van der Waals surface area contributed by atoms with E-state index in [2.05, 4.69) is 22.4 Å². The van der Waals surface area contributed by atoms with E-state index >= 15 is 0 Å². The highest BCUT2D eigenvalue weighted by Crippen LogP contribution is 2.14. The maximum Gasteiger partial charge on any atom is 0.246 e. The van der Waals surface area contributed by atoms with Crippen molar-refractivity contribution in [3.05, 3.63) is 52.1 Å². The zero-order chi connectivity index (χ0) is 15.4. The molecular formula is C17H20N2O2S. The van der Waals surface area contributed by atoms with Crippen molar-refractivity contribution in [2.75, 3.05) is 26.2 Å². The van der Waals surface area contributed by atoms with E-state index in [1.807, 2.05) is 24.0 Å². The molecule has 0 radical (unpaired) electrons. The standard InChI is InChI=1S/C17H20N2O2S/c1-14-4-5-15(21-14)6-7-17(20)19-10-8-18(9-11-19)13-16-3-2-12-22-16/h2-7,12H,8-11,13H2,1H3/b7-6+. The number of aryl methyl sites for hydroxylation is 1. The predicted octanol–water partition coefficient (Wildman–Crippen LogP) is 3.01. The van der Waals surface area contributed by atoms with Crippen LogP contribution in [0.4, 0.5) is 0 Å². The van der Waals surface area contributed by atoms with Gasteiger partial charge in [0.1, 0.15) is 11.5 Å². The van der Waals surface area contributed by atoms with Gasteiger partial charge in [-0.15, -0.1) is 11.3 Å². The van der Waals surface area contributed by atoms with Crippen molar-refractivity contribution in [1.82, 2.24) is 9.80 Å². The first-order valence-electron chi connectivity index (χ1n) is 7.49. The van der Waals surface area contributed by atoms with Gasteiger partial charge in [0.05, 0.1) is 0 Å². The van der Waals surface area contributed by atoms with Gasteiger partial charge in [0.2, 0.25) is 5.91 Å². The van der Waals surface area contributed by atoms with Gasteiger partial charge in [0.25, 0.3) is 0 Å². The van der Waals surface area contributed by atoms with Crippen LogP contribution in [-0.2, 0) is 11.3 Å². The van der Waals surface area contributed by atoms with Crippen molar-refractivity contribution >= 4 is 23.3 Å². The molecule has 3 rings (SSSR count). The Hall–Kier alpha value is -1.85. The summed E-state index contributed by atoms with van der Waals surface area (Å²) in [5.41, 5.74) is 0. The molecule has 0 atom stereocenters. The van der Waals surface area contributed by atoms with Gasteiger partial charge < -0.3 is 9.32 Å². The number of hydrogen-bond acceptors (Lipinski definition) is 4. The molecule has 2 aromatic heterocycles. The number of nitrogens with zero attached hydrogens (tertiary/aromatic N) is 2. The van der Waals surface area contributed by atoms with Crippen molar-refractivity contribution in [3.8, 4) is 0 Å². The van der Waals surface area contributed by atoms with E-state index in [4.69, 9.17) is 4.42 Å². The number of amides is 1. The lowest BCUT2D eigenvalue weighted by atomic mass is 10.3. The Kier molecular flexibility index (Phi) is 4.75. The molecule has 1 aliphatic rings. The predicted molar refractivity (Wildman–Crippen MR) is 88.7 cm³/mol. The molecule has 1 aliphatic heterocycles. The molecule has 0 aliphatic carbocycles. The summed E-state index contributed by atoms with van der Waals surface area (Å²) in [4.78, 5) is 17.9. The van der Waals surface area contributed by atoms with E-state index in [1.165, 1.54) is 4.88 Å². The summed E-state index contributed by atoms with van der Waals surface area (Å²) in [6.45, 7) is 6.30. The minimum atomic E-state index is 0.0600. The normalized spacial score (nSPS) is 16.5. The van der Waals surface area contributed by atoms with Crippen LogP contribution in [0.1, 0.15) is 16.4 Å². The minimum absolute atomic E-state index is 0.0600. The number of thiophene rings is 1. The van der Waals surface area contributed by atoms with Gasteiger partial charge in [-0.1, -0.05) is 6.07 Å². The van der Waals surface area contributed by atoms with Crippen molar-refractivity contribution in [2.24, 2.45) is 0 Å². The van der Waals surface area contributed by atoms with Gasteiger partial charge in [-0.3, -0.25) is 9.69 Å². The first kappa shape index (κ1) is 15.1. The van der Waals surface area contributed by atoms with Crippen molar-refractivity contribution < 1.29 is 9.21 Å². The molecule has 0 saturated carbocycles. The summed E-state index contributed by atoms with van der Waals surface area (Å²) in [5.74, 6) is 1.64. The minimum Gasteiger partial charge on any atom is -0.462 e. The zero-order valence-electron chi connectivity index (χ0n) is 12.7. The van der Waals surface area contributed by atoms with Gasteiger partial charge in [-0.25, -0.2) is 0 Å². The second-order valence-corrected chi connectivity index (χ2v) is 6.49. The third kappa shape index (κ3) is 3.87. The SMILES string of the molecule is Cc1ccc(/C=C/C(=O)N2CCN(Cc3cccs3)CC2)o1. The molecule has 1 saturated heterocycles. The summed E-state index contributed by atoms with van der Waals surface area (Å²) < 4.78 is 5.43. The van der Waals surface area contributed by atoms with Crippen LogP contribution in [0, 0.1) is 6.92 Å². The fraction of sp³-hybridized carbons (Fsp3) is 0.353. The highest BCUT2D eigenvalue weighted by atomic mass is 32.1. The summed E-state index contributed by atoms with van der Waals surface area (Å²) >= 11 is 1.79. The van der Waals surface area contributed by atoms with Gasteiger partial charge >= 0.3 is 0 Å². The van der Waals surface area contributed by atoms with Gasteiger partial charge in [-0.05, 0) is 36.6 Å². The van der Waals surface area contributed by atoms with Crippen LogP contribution in [0.2, 0.25) is 0 Å². The fourth-order valence-corrected chi connectivity index (χ4v) is 3.30. The van der Waals surface area contributed by atoms with Crippen LogP contribution >= 0.6 is 11.3 Å². The third-order valence-corrected chi connectivity index (χ3v) is 4.66. The highest BCUT2D eigenvalue weighted by Gasteiger charge is 2.19. The molecule has 0 aromatic carbocycles. The average Bonchev–Trinajstić information content (AvgIpc) is 3.17. The van der Waals surface area contributed by atoms with E-state index in [9.17, 15) is 4.79 Å². The van der Waals surface area contributed by atoms with E-state index in [1.54, 1.807) is 23.5 Å². The molecule has 4 nitrogen and oxygen atoms in total. The number of carbonyl (C=O) groups excluding carboxylic acids is 1. The van der Waals surface area contributed by atoms with E-state index in [-0.39, 0.29) is 5.91 Å². The number of hydrogen-bond donors (Lipinski definition) is 0. The average molecular weight is 316 g/mol. The van der Waals surface area contributed by atoms with E-state index in [0.29, 0.717) is 0 Å². The monoisotopic (exact) mass is 316 g/mol. The number of furan rings is 1. The quantitative estimate of drug-likeness (QED) is 0.814. The lowest BCUT2D eigenvalue weighted by molar-refractivity contribution is -0.127. The maximum absolute atomic E-state index is 12.2. The van der Waals surface area contributed by atoms with Gasteiger partial charge in [0, 0.05) is 43.7 Å². The van der Waals surface area contributed by atoms with E-state index < -0.39 is 0 Å². The van der Waals surface area contributed by atoms with Crippen LogP contribution in [0.15, 0.2) is 40.1 Å². The Morgan fingerprint density at radius 1 is 1.27 bits per heavy atom. The van der Waals surface area contributed by atoms with Crippen LogP contribution in [0.3, 0.4) is 0 Å². The lowest BCUT2D eigenvalue weighted by Crippen LogP contribution is -2.47. The first-order chi connectivity index (χ1) is 10.7. The Labute approximate surface area is 134 Å². The van der Waals surface area contributed by atoms with Crippen molar-refractivity contribution in [3.63, 3.8) is 0 Å². The summed E-state index contributed by atoms with van der Waals surface area (Å²) in [6, 6.07) is 8.02. The Morgan fingerprint density at radius 3 is 2.73 bits per heavy atom. The van der Waals surface area contributed by atoms with Gasteiger partial charge in [0.15, 0.2) is 0 Å². The summed E-state index contributed by atoms with van der Waals surface area (Å²) in [6.07, 6.45) is 3.35. The maximum atomic E-state index is 12.2. The molecule has 3 heterocycles. The molecule has 2 aromatic rings. The molecule has 116 valence electrons. The van der Waals surface area contributed by atoms with Crippen LogP contribution in [-0.4, -0.2) is 41.9 Å². The van der Waals surface area contributed by atoms with Gasteiger partial charge in [-0.2, -0.15) is 0 Å². The van der Waals surface area contributed by atoms with Crippen LogP contribution < -0.4 is 0 Å². The largest absolute Gasteiger partial charge is 0.462 e. The smallest absolute Gasteiger partial charge is 0.246 e. The van der Waals surface area contributed by atoms with E-state index in [0.717, 1.165) is 44.2 Å². The highest BCUT2D eigenvalue weighted by molar-refractivity contribution is 7.09. The molecule has 1 fully saturated rings. The second kappa shape index (κ2) is 6.94. The number of rotatable bonds is 4. The first-order valence-corrected chi connectivity index (χ1v) is 8.37. The lowest BCUT2D eigenvalue weighted by Gasteiger charge is -2.33. The zero-order valence-corrected chi connectivity index (χ0v) is 13.5. The topological polar surface area (TPSA) is 36.7 Å². The molecule has 0 unspecified atom stereocenters. The molecular weight excluding hydrogens is 296 g/mol. The molecule has 0 bridgehead atoms. The molecule has 1 amide bonds. The second-order valence-electron chi connectivity index (χ2n) is 5.46. The summed E-state index contributed by atoms with van der Waals surface area (Å²) in [5, 5.41) is 2.11. The van der Waals surface area contributed by atoms with Crippen LogP contribution in [0.25, 0.3) is 6.08 Å². The number of piperazine rings is 1. The van der Waals surface area contributed by atoms with Crippen molar-refractivity contribution in [1.29, 1.82) is 0 Å². The van der Waals surface area contributed by atoms with Crippen LogP contribution in [0.5, 0.6) is 0 Å². The van der Waals surface area contributed by atoms with Crippen molar-refractivity contribution in [2.45, 2.75) is 13.5 Å². The molecule has 0 N–H and O–H groups in total. The Bertz CT molecular complexity index is 637. The Morgan fingerprint density at radius 2 is 2.09 bits per heavy atom. The number of carbonyl (C=O) groups is 1. The molecule has 0 spiro atoms. The Balaban J connectivity index is 1.48. The molecule has 22 heavy (non-hydrogen) atoms. The third-order valence-electron chi connectivity index (χ3n) is 3.79. The molecule has 5 heteroatoms. The summed E-state index contributed by atoms with van der Waals surface area (Å²) in [7, 11) is 0. The fourth-order valence-electron chi connectivity index (χ4n) is 2.55.